The Balaban J connectivity index is 1.49. The number of aryl methyl sites for hydroxylation is 1. The molecule has 5 nitrogen and oxygen atoms in total. The number of hydrogen-bond acceptors (Lipinski definition) is 3. The Labute approximate surface area is 139 Å². The zero-order chi connectivity index (χ0) is 16.4. The lowest BCUT2D eigenvalue weighted by Crippen LogP contribution is -2.28. The Kier molecular flexibility index (Phi) is 2.66. The van der Waals surface area contributed by atoms with Crippen molar-refractivity contribution in [2.45, 2.75) is 6.42 Å². The molecule has 2 aromatic rings. The highest BCUT2D eigenvalue weighted by Crippen LogP contribution is 2.52. The van der Waals surface area contributed by atoms with E-state index < -0.39 is 0 Å². The minimum absolute atomic E-state index is 0.140. The van der Waals surface area contributed by atoms with Crippen LogP contribution in [0.4, 0.5) is 0 Å². The van der Waals surface area contributed by atoms with Crippen molar-refractivity contribution in [3.05, 3.63) is 48.2 Å². The lowest BCUT2D eigenvalue weighted by Gasteiger charge is -2.13. The van der Waals surface area contributed by atoms with Gasteiger partial charge in [0, 0.05) is 29.7 Å². The van der Waals surface area contributed by atoms with Gasteiger partial charge in [-0.2, -0.15) is 10.1 Å². The van der Waals surface area contributed by atoms with Crippen molar-refractivity contribution in [1.29, 1.82) is 0 Å². The molecule has 0 radical (unpaired) electrons. The first-order chi connectivity index (χ1) is 11.6. The van der Waals surface area contributed by atoms with Gasteiger partial charge in [0.05, 0.1) is 18.1 Å². The lowest BCUT2D eigenvalue weighted by molar-refractivity contribution is -0.140. The molecule has 0 unspecified atom stereocenters. The largest absolute Gasteiger partial charge is 0.350 e. The Morgan fingerprint density at radius 2 is 1.75 bits per heavy atom. The molecule has 1 aromatic heterocycles. The number of para-hydroxylation sites is 1. The van der Waals surface area contributed by atoms with E-state index in [0.717, 1.165) is 27.9 Å². The summed E-state index contributed by atoms with van der Waals surface area (Å²) in [6.07, 6.45) is 8.72. The fraction of sp³-hybridized carbons (Fsp3) is 0.316. The molecular formula is C19H17N3O2. The van der Waals surface area contributed by atoms with E-state index in [0.29, 0.717) is 0 Å². The van der Waals surface area contributed by atoms with Gasteiger partial charge >= 0.3 is 0 Å². The molecule has 0 spiro atoms. The molecule has 0 N–H and O–H groups in total. The van der Waals surface area contributed by atoms with E-state index in [4.69, 9.17) is 0 Å². The van der Waals surface area contributed by atoms with Gasteiger partial charge in [0.15, 0.2) is 0 Å². The summed E-state index contributed by atoms with van der Waals surface area (Å²) in [4.78, 5) is 25.3. The molecular weight excluding hydrogens is 302 g/mol. The maximum Gasteiger partial charge on any atom is 0.254 e. The molecule has 120 valence electrons. The van der Waals surface area contributed by atoms with E-state index in [2.05, 4.69) is 17.3 Å². The Hall–Kier alpha value is -2.69. The van der Waals surface area contributed by atoms with Gasteiger partial charge in [-0.1, -0.05) is 30.4 Å². The second kappa shape index (κ2) is 4.66. The molecule has 4 atom stereocenters. The number of hydrogen-bond donors (Lipinski definition) is 0. The van der Waals surface area contributed by atoms with Crippen LogP contribution >= 0.6 is 0 Å². The van der Waals surface area contributed by atoms with Gasteiger partial charge in [-0.05, 0) is 24.3 Å². The van der Waals surface area contributed by atoms with Gasteiger partial charge in [0.2, 0.25) is 0 Å². The molecule has 2 fully saturated rings. The van der Waals surface area contributed by atoms with E-state index in [-0.39, 0.29) is 35.5 Å². The molecule has 3 aliphatic rings. The van der Waals surface area contributed by atoms with Crippen molar-refractivity contribution in [1.82, 2.24) is 9.58 Å². The third-order valence-electron chi connectivity index (χ3n) is 5.69. The second-order valence-electron chi connectivity index (χ2n) is 6.95. The topological polar surface area (TPSA) is 54.7 Å². The van der Waals surface area contributed by atoms with Crippen molar-refractivity contribution >= 4 is 28.9 Å². The number of carbonyl (C=O) groups is 2. The smallest absolute Gasteiger partial charge is 0.254 e. The monoisotopic (exact) mass is 319 g/mol. The average Bonchev–Trinajstić information content (AvgIpc) is 3.32. The van der Waals surface area contributed by atoms with Gasteiger partial charge in [-0.3, -0.25) is 9.59 Å². The minimum atomic E-state index is -0.197. The molecule has 2 bridgehead atoms. The summed E-state index contributed by atoms with van der Waals surface area (Å²) in [7, 11) is 1.97. The molecule has 1 aliphatic heterocycles. The van der Waals surface area contributed by atoms with Crippen molar-refractivity contribution in [3.63, 3.8) is 0 Å². The SMILES string of the molecule is Cn1cc(/C=N\N2C(=O)[C@@H]3[C@H](C2=O)[C@@H]2C=C[C@H]3C2)c2ccccc21. The zero-order valence-corrected chi connectivity index (χ0v) is 13.3. The van der Waals surface area contributed by atoms with E-state index in [1.54, 1.807) is 6.21 Å². The number of nitrogens with zero attached hydrogens (tertiary/aromatic N) is 3. The molecule has 1 aromatic carbocycles. The van der Waals surface area contributed by atoms with E-state index in [1.807, 2.05) is 42.1 Å². The highest BCUT2D eigenvalue weighted by Gasteiger charge is 2.59. The normalized spacial score (nSPS) is 31.1. The zero-order valence-electron chi connectivity index (χ0n) is 13.3. The van der Waals surface area contributed by atoms with Crippen LogP contribution in [-0.2, 0) is 16.6 Å². The number of rotatable bonds is 2. The van der Waals surface area contributed by atoms with Gasteiger partial charge in [-0.15, -0.1) is 0 Å². The average molecular weight is 319 g/mol. The first-order valence-electron chi connectivity index (χ1n) is 8.29. The number of fused-ring (bicyclic) bond motifs is 6. The quantitative estimate of drug-likeness (QED) is 0.484. The van der Waals surface area contributed by atoms with Gasteiger partial charge < -0.3 is 4.57 Å². The molecule has 2 aliphatic carbocycles. The summed E-state index contributed by atoms with van der Waals surface area (Å²) >= 11 is 0. The first kappa shape index (κ1) is 13.7. The third-order valence-corrected chi connectivity index (χ3v) is 5.69. The van der Waals surface area contributed by atoms with Crippen LogP contribution in [-0.4, -0.2) is 27.6 Å². The summed E-state index contributed by atoms with van der Waals surface area (Å²) in [6, 6.07) is 8.01. The predicted molar refractivity (Wildman–Crippen MR) is 90.1 cm³/mol. The first-order valence-corrected chi connectivity index (χ1v) is 8.29. The highest BCUT2D eigenvalue weighted by molar-refractivity contribution is 6.07. The molecule has 5 heteroatoms. The summed E-state index contributed by atoms with van der Waals surface area (Å²) < 4.78 is 2.02. The predicted octanol–water partition coefficient (Wildman–Crippen LogP) is 2.32. The van der Waals surface area contributed by atoms with Crippen LogP contribution in [0, 0.1) is 23.7 Å². The standard InChI is InChI=1S/C19H17N3O2/c1-21-10-13(14-4-2-3-5-15(14)21)9-20-22-18(23)16-11-6-7-12(8-11)17(16)19(22)24/h2-7,9-12,16-17H,8H2,1H3/b20-9-/t11-,12+,16-,17+. The number of benzene rings is 1. The Morgan fingerprint density at radius 1 is 1.08 bits per heavy atom. The van der Waals surface area contributed by atoms with Crippen LogP contribution in [0.2, 0.25) is 0 Å². The summed E-state index contributed by atoms with van der Waals surface area (Å²) in [6.45, 7) is 0. The molecule has 2 heterocycles. The lowest BCUT2D eigenvalue weighted by atomic mass is 9.85. The third kappa shape index (κ3) is 1.67. The molecule has 5 rings (SSSR count). The van der Waals surface area contributed by atoms with E-state index >= 15 is 0 Å². The number of hydrazone groups is 1. The summed E-state index contributed by atoms with van der Waals surface area (Å²) in [5.41, 5.74) is 2.00. The number of allylic oxidation sites excluding steroid dienone is 2. The fourth-order valence-corrected chi connectivity index (χ4v) is 4.60. The minimum Gasteiger partial charge on any atom is -0.350 e. The maximum atomic E-state index is 12.6. The highest BCUT2D eigenvalue weighted by atomic mass is 16.2. The Bertz CT molecular complexity index is 909. The number of imide groups is 1. The van der Waals surface area contributed by atoms with Crippen molar-refractivity contribution in [2.75, 3.05) is 0 Å². The van der Waals surface area contributed by atoms with Crippen LogP contribution in [0.1, 0.15) is 12.0 Å². The van der Waals surface area contributed by atoms with Crippen LogP contribution in [0.3, 0.4) is 0 Å². The second-order valence-corrected chi connectivity index (χ2v) is 6.95. The fourth-order valence-electron chi connectivity index (χ4n) is 4.60. The van der Waals surface area contributed by atoms with Crippen LogP contribution in [0.15, 0.2) is 47.7 Å². The Morgan fingerprint density at radius 3 is 2.46 bits per heavy atom. The molecule has 1 saturated carbocycles. The maximum absolute atomic E-state index is 12.6. The van der Waals surface area contributed by atoms with Gasteiger partial charge in [0.1, 0.15) is 0 Å². The number of amides is 2. The molecule has 1 saturated heterocycles. The molecule has 24 heavy (non-hydrogen) atoms. The van der Waals surface area contributed by atoms with Crippen LogP contribution in [0.25, 0.3) is 10.9 Å². The van der Waals surface area contributed by atoms with E-state index in [1.165, 1.54) is 0 Å². The van der Waals surface area contributed by atoms with Crippen molar-refractivity contribution < 1.29 is 9.59 Å². The molecule has 2 amide bonds. The van der Waals surface area contributed by atoms with Crippen LogP contribution in [0.5, 0.6) is 0 Å². The van der Waals surface area contributed by atoms with Gasteiger partial charge in [-0.25, -0.2) is 0 Å². The van der Waals surface area contributed by atoms with Crippen molar-refractivity contribution in [3.8, 4) is 0 Å². The van der Waals surface area contributed by atoms with Crippen molar-refractivity contribution in [2.24, 2.45) is 35.8 Å². The van der Waals surface area contributed by atoms with Gasteiger partial charge in [0.25, 0.3) is 11.8 Å². The van der Waals surface area contributed by atoms with E-state index in [9.17, 15) is 9.59 Å². The summed E-state index contributed by atoms with van der Waals surface area (Å²) in [5.74, 6) is -0.241. The number of carbonyl (C=O) groups excluding carboxylic acids is 2. The summed E-state index contributed by atoms with van der Waals surface area (Å²) in [5, 5.41) is 6.43. The van der Waals surface area contributed by atoms with Crippen LogP contribution < -0.4 is 0 Å². The number of aromatic nitrogens is 1.